The summed E-state index contributed by atoms with van der Waals surface area (Å²) < 4.78 is 1.77. The summed E-state index contributed by atoms with van der Waals surface area (Å²) >= 11 is 6.04. The highest BCUT2D eigenvalue weighted by atomic mass is 35.5. The maximum atomic E-state index is 12.6. The lowest BCUT2D eigenvalue weighted by Gasteiger charge is -2.10. The van der Waals surface area contributed by atoms with Crippen molar-refractivity contribution in [2.45, 2.75) is 20.4 Å². The van der Waals surface area contributed by atoms with Crippen LogP contribution in [0.15, 0.2) is 52.5 Å². The number of aryl methyl sites for hydroxylation is 2. The Bertz CT molecular complexity index is 1070. The van der Waals surface area contributed by atoms with Gasteiger partial charge in [0.05, 0.1) is 11.6 Å². The SMILES string of the molecule is CCn1cc(C(=O)N/N=C/c2ccccc2Cl)c(=O)c2ccc(C)nc21. The molecule has 0 aliphatic rings. The van der Waals surface area contributed by atoms with Crippen LogP contribution in [0.25, 0.3) is 11.0 Å². The molecule has 6 nitrogen and oxygen atoms in total. The highest BCUT2D eigenvalue weighted by Gasteiger charge is 2.15. The number of benzene rings is 1. The number of hydrazone groups is 1. The zero-order chi connectivity index (χ0) is 18.7. The largest absolute Gasteiger partial charge is 0.332 e. The molecule has 2 aromatic heterocycles. The third-order valence-corrected chi connectivity index (χ3v) is 4.27. The number of amides is 1. The smallest absolute Gasteiger partial charge is 0.276 e. The van der Waals surface area contributed by atoms with Crippen molar-refractivity contribution in [3.8, 4) is 0 Å². The second-order valence-electron chi connectivity index (χ2n) is 5.70. The molecule has 1 N–H and O–H groups in total. The van der Waals surface area contributed by atoms with E-state index in [2.05, 4.69) is 15.5 Å². The van der Waals surface area contributed by atoms with Gasteiger partial charge in [0.25, 0.3) is 5.91 Å². The van der Waals surface area contributed by atoms with Gasteiger partial charge in [0.2, 0.25) is 5.43 Å². The van der Waals surface area contributed by atoms with Crippen molar-refractivity contribution in [1.82, 2.24) is 15.0 Å². The number of hydrogen-bond acceptors (Lipinski definition) is 4. The molecule has 0 aliphatic carbocycles. The molecule has 0 saturated carbocycles. The van der Waals surface area contributed by atoms with Crippen LogP contribution in [0, 0.1) is 6.92 Å². The van der Waals surface area contributed by atoms with E-state index < -0.39 is 5.91 Å². The number of hydrogen-bond donors (Lipinski definition) is 1. The zero-order valence-corrected chi connectivity index (χ0v) is 15.1. The molecule has 132 valence electrons. The van der Waals surface area contributed by atoms with E-state index in [1.54, 1.807) is 34.9 Å². The third kappa shape index (κ3) is 3.50. The Balaban J connectivity index is 1.93. The van der Waals surface area contributed by atoms with Gasteiger partial charge in [0.15, 0.2) is 0 Å². The molecule has 3 rings (SSSR count). The van der Waals surface area contributed by atoms with E-state index in [1.165, 1.54) is 12.4 Å². The monoisotopic (exact) mass is 368 g/mol. The second kappa shape index (κ2) is 7.49. The number of rotatable bonds is 4. The summed E-state index contributed by atoms with van der Waals surface area (Å²) in [5.41, 5.74) is 4.06. The van der Waals surface area contributed by atoms with Crippen LogP contribution in [-0.2, 0) is 6.54 Å². The molecule has 3 aromatic rings. The van der Waals surface area contributed by atoms with Crippen molar-refractivity contribution in [2.75, 3.05) is 0 Å². The summed E-state index contributed by atoms with van der Waals surface area (Å²) in [5, 5.41) is 4.82. The predicted molar refractivity (Wildman–Crippen MR) is 103 cm³/mol. The maximum absolute atomic E-state index is 12.6. The first-order valence-electron chi connectivity index (χ1n) is 8.10. The van der Waals surface area contributed by atoms with Gasteiger partial charge >= 0.3 is 0 Å². The average Bonchev–Trinajstić information content (AvgIpc) is 2.63. The van der Waals surface area contributed by atoms with Crippen molar-refractivity contribution in [1.29, 1.82) is 0 Å². The van der Waals surface area contributed by atoms with Crippen LogP contribution in [-0.4, -0.2) is 21.7 Å². The summed E-state index contributed by atoms with van der Waals surface area (Å²) in [5.74, 6) is -0.581. The Labute approximate surface area is 155 Å². The van der Waals surface area contributed by atoms with E-state index in [0.717, 1.165) is 5.69 Å². The van der Waals surface area contributed by atoms with Crippen LogP contribution in [0.4, 0.5) is 0 Å². The first-order chi connectivity index (χ1) is 12.5. The molecule has 0 spiro atoms. The molecule has 0 bridgehead atoms. The van der Waals surface area contributed by atoms with Crippen LogP contribution in [0.3, 0.4) is 0 Å². The molecule has 0 atom stereocenters. The number of carbonyl (C=O) groups excluding carboxylic acids is 1. The van der Waals surface area contributed by atoms with Gasteiger partial charge in [-0.15, -0.1) is 0 Å². The van der Waals surface area contributed by atoms with Crippen molar-refractivity contribution >= 4 is 34.8 Å². The first kappa shape index (κ1) is 17.8. The number of carbonyl (C=O) groups is 1. The summed E-state index contributed by atoms with van der Waals surface area (Å²) in [6.45, 7) is 4.36. The fraction of sp³-hybridized carbons (Fsp3) is 0.158. The highest BCUT2D eigenvalue weighted by Crippen LogP contribution is 2.13. The lowest BCUT2D eigenvalue weighted by atomic mass is 10.1. The minimum atomic E-state index is -0.581. The van der Waals surface area contributed by atoms with Crippen molar-refractivity contribution in [3.63, 3.8) is 0 Å². The van der Waals surface area contributed by atoms with Crippen LogP contribution >= 0.6 is 11.6 Å². The Morgan fingerprint density at radius 2 is 2.08 bits per heavy atom. The average molecular weight is 369 g/mol. The predicted octanol–water partition coefficient (Wildman–Crippen LogP) is 3.14. The molecular weight excluding hydrogens is 352 g/mol. The van der Waals surface area contributed by atoms with E-state index in [1.807, 2.05) is 19.9 Å². The maximum Gasteiger partial charge on any atom is 0.276 e. The lowest BCUT2D eigenvalue weighted by molar-refractivity contribution is 0.0953. The van der Waals surface area contributed by atoms with Crippen LogP contribution in [0.2, 0.25) is 5.02 Å². The fourth-order valence-corrected chi connectivity index (χ4v) is 2.75. The Hall–Kier alpha value is -2.99. The number of aromatic nitrogens is 2. The number of fused-ring (bicyclic) bond motifs is 1. The van der Waals surface area contributed by atoms with Gasteiger partial charge < -0.3 is 4.57 Å². The zero-order valence-electron chi connectivity index (χ0n) is 14.4. The Kier molecular flexibility index (Phi) is 5.14. The van der Waals surface area contributed by atoms with E-state index in [0.29, 0.717) is 28.2 Å². The fourth-order valence-electron chi connectivity index (χ4n) is 2.56. The second-order valence-corrected chi connectivity index (χ2v) is 6.11. The van der Waals surface area contributed by atoms with Gasteiger partial charge in [-0.3, -0.25) is 9.59 Å². The molecule has 26 heavy (non-hydrogen) atoms. The first-order valence-corrected chi connectivity index (χ1v) is 8.47. The van der Waals surface area contributed by atoms with Gasteiger partial charge in [0.1, 0.15) is 11.2 Å². The molecule has 1 amide bonds. The molecule has 2 heterocycles. The van der Waals surface area contributed by atoms with Crippen LogP contribution in [0.5, 0.6) is 0 Å². The van der Waals surface area contributed by atoms with E-state index in [4.69, 9.17) is 11.6 Å². The molecule has 0 radical (unpaired) electrons. The minimum Gasteiger partial charge on any atom is -0.332 e. The molecule has 0 fully saturated rings. The molecule has 7 heteroatoms. The number of nitrogens with zero attached hydrogens (tertiary/aromatic N) is 3. The molecule has 0 saturated heterocycles. The van der Waals surface area contributed by atoms with E-state index in [9.17, 15) is 9.59 Å². The topological polar surface area (TPSA) is 76.3 Å². The summed E-state index contributed by atoms with van der Waals surface area (Å²) in [7, 11) is 0. The molecule has 0 aliphatic heterocycles. The number of halogens is 1. The van der Waals surface area contributed by atoms with Gasteiger partial charge in [0, 0.05) is 29.0 Å². The highest BCUT2D eigenvalue weighted by molar-refractivity contribution is 6.33. The minimum absolute atomic E-state index is 0.0151. The summed E-state index contributed by atoms with van der Waals surface area (Å²) in [6, 6.07) is 10.6. The quantitative estimate of drug-likeness (QED) is 0.567. The van der Waals surface area contributed by atoms with E-state index >= 15 is 0 Å². The standard InChI is InChI=1S/C19H17ClN4O2/c1-3-24-11-15(17(25)14-9-8-12(2)22-18(14)24)19(26)23-21-10-13-6-4-5-7-16(13)20/h4-11H,3H2,1-2H3,(H,23,26)/b21-10+. The van der Waals surface area contributed by atoms with Crippen molar-refractivity contribution in [2.24, 2.45) is 5.10 Å². The molecular formula is C19H17ClN4O2. The van der Waals surface area contributed by atoms with Crippen molar-refractivity contribution < 1.29 is 4.79 Å². The number of nitrogens with one attached hydrogen (secondary N) is 1. The number of pyridine rings is 2. The van der Waals surface area contributed by atoms with Crippen LogP contribution < -0.4 is 10.9 Å². The van der Waals surface area contributed by atoms with Crippen molar-refractivity contribution in [3.05, 3.63) is 74.7 Å². The Morgan fingerprint density at radius 1 is 1.31 bits per heavy atom. The summed E-state index contributed by atoms with van der Waals surface area (Å²) in [6.07, 6.45) is 2.95. The van der Waals surface area contributed by atoms with Gasteiger partial charge in [-0.1, -0.05) is 29.8 Å². The molecule has 0 unspecified atom stereocenters. The van der Waals surface area contributed by atoms with Gasteiger partial charge in [-0.2, -0.15) is 5.10 Å². The lowest BCUT2D eigenvalue weighted by Crippen LogP contribution is -2.27. The van der Waals surface area contributed by atoms with Crippen LogP contribution in [0.1, 0.15) is 28.5 Å². The molecule has 1 aromatic carbocycles. The normalized spacial score (nSPS) is 11.2. The van der Waals surface area contributed by atoms with Gasteiger partial charge in [-0.25, -0.2) is 10.4 Å². The summed E-state index contributed by atoms with van der Waals surface area (Å²) in [4.78, 5) is 29.5. The Morgan fingerprint density at radius 3 is 2.81 bits per heavy atom. The van der Waals surface area contributed by atoms with E-state index in [-0.39, 0.29) is 11.0 Å². The third-order valence-electron chi connectivity index (χ3n) is 3.92. The van der Waals surface area contributed by atoms with Gasteiger partial charge in [-0.05, 0) is 32.0 Å².